The Labute approximate surface area is 151 Å². The summed E-state index contributed by atoms with van der Waals surface area (Å²) in [5.41, 5.74) is 0.173. The molecule has 0 saturated heterocycles. The minimum Gasteiger partial charge on any atom is -0.469 e. The Bertz CT molecular complexity index is 432. The SMILES string of the molecule is CCCCC[C@H](O)/C=C/C=C(\CCCCCCCC(=O)OC)[N+](=O)[O-]. The van der Waals surface area contributed by atoms with Crippen LogP contribution in [0.2, 0.25) is 0 Å². The molecule has 0 aliphatic heterocycles. The van der Waals surface area contributed by atoms with Crippen LogP contribution in [-0.4, -0.2) is 29.2 Å². The van der Waals surface area contributed by atoms with Gasteiger partial charge in [0.1, 0.15) is 0 Å². The normalized spacial score (nSPS) is 13.2. The molecule has 0 heterocycles. The van der Waals surface area contributed by atoms with E-state index in [1.807, 2.05) is 0 Å². The van der Waals surface area contributed by atoms with Crippen LogP contribution in [0.3, 0.4) is 0 Å². The molecule has 0 rings (SSSR count). The van der Waals surface area contributed by atoms with Gasteiger partial charge in [0, 0.05) is 18.9 Å². The Morgan fingerprint density at radius 3 is 2.36 bits per heavy atom. The smallest absolute Gasteiger partial charge is 0.305 e. The number of nitro groups is 1. The molecule has 0 amide bonds. The number of carbonyl (C=O) groups excluding carboxylic acids is 1. The largest absolute Gasteiger partial charge is 0.469 e. The summed E-state index contributed by atoms with van der Waals surface area (Å²) in [5, 5.41) is 20.8. The van der Waals surface area contributed by atoms with Crippen molar-refractivity contribution in [2.75, 3.05) is 7.11 Å². The number of rotatable bonds is 15. The first-order chi connectivity index (χ1) is 12.0. The summed E-state index contributed by atoms with van der Waals surface area (Å²) < 4.78 is 4.57. The molecule has 0 unspecified atom stereocenters. The van der Waals surface area contributed by atoms with E-state index in [1.54, 1.807) is 12.2 Å². The van der Waals surface area contributed by atoms with Crippen LogP contribution < -0.4 is 0 Å². The highest BCUT2D eigenvalue weighted by atomic mass is 16.6. The fourth-order valence-electron chi connectivity index (χ4n) is 2.44. The minimum absolute atomic E-state index is 0.173. The van der Waals surface area contributed by atoms with Gasteiger partial charge in [-0.2, -0.15) is 0 Å². The number of hydrogen-bond donors (Lipinski definition) is 1. The topological polar surface area (TPSA) is 89.7 Å². The van der Waals surface area contributed by atoms with E-state index in [2.05, 4.69) is 11.7 Å². The molecule has 1 N–H and O–H groups in total. The van der Waals surface area contributed by atoms with E-state index < -0.39 is 6.10 Å². The molecule has 1 atom stereocenters. The van der Waals surface area contributed by atoms with Crippen molar-refractivity contribution in [1.82, 2.24) is 0 Å². The van der Waals surface area contributed by atoms with Crippen LogP contribution in [-0.2, 0) is 9.53 Å². The molecule has 0 aromatic rings. The first kappa shape index (κ1) is 23.3. The van der Waals surface area contributed by atoms with Gasteiger partial charge >= 0.3 is 5.97 Å². The van der Waals surface area contributed by atoms with Crippen LogP contribution in [0, 0.1) is 10.1 Å². The van der Waals surface area contributed by atoms with Crippen LogP contribution in [0.1, 0.15) is 77.6 Å². The average Bonchev–Trinajstić information content (AvgIpc) is 2.58. The van der Waals surface area contributed by atoms with Gasteiger partial charge in [0.25, 0.3) is 0 Å². The summed E-state index contributed by atoms with van der Waals surface area (Å²) in [5.74, 6) is -0.192. The lowest BCUT2D eigenvalue weighted by atomic mass is 10.1. The van der Waals surface area contributed by atoms with Gasteiger partial charge in [-0.15, -0.1) is 0 Å². The lowest BCUT2D eigenvalue weighted by Crippen LogP contribution is -2.02. The fourth-order valence-corrected chi connectivity index (χ4v) is 2.44. The first-order valence-corrected chi connectivity index (χ1v) is 9.27. The van der Waals surface area contributed by atoms with Crippen LogP contribution >= 0.6 is 0 Å². The van der Waals surface area contributed by atoms with Crippen molar-refractivity contribution in [3.8, 4) is 0 Å². The second kappa shape index (κ2) is 15.8. The highest BCUT2D eigenvalue weighted by Gasteiger charge is 2.09. The van der Waals surface area contributed by atoms with E-state index in [1.165, 1.54) is 13.2 Å². The number of aliphatic hydroxyl groups is 1. The molecule has 0 aliphatic rings. The second-order valence-corrected chi connectivity index (χ2v) is 6.21. The van der Waals surface area contributed by atoms with Crippen LogP contribution in [0.4, 0.5) is 0 Å². The Hall–Kier alpha value is -1.69. The quantitative estimate of drug-likeness (QED) is 0.153. The van der Waals surface area contributed by atoms with Crippen LogP contribution in [0.5, 0.6) is 0 Å². The van der Waals surface area contributed by atoms with Crippen molar-refractivity contribution in [2.45, 2.75) is 83.7 Å². The number of aliphatic hydroxyl groups excluding tert-OH is 1. The summed E-state index contributed by atoms with van der Waals surface area (Å²) in [6.45, 7) is 2.10. The third-order valence-electron chi connectivity index (χ3n) is 4.00. The summed E-state index contributed by atoms with van der Waals surface area (Å²) in [7, 11) is 1.38. The standard InChI is InChI=1S/C19H33NO5/c1-3-4-8-14-18(21)15-11-13-17(20(23)24)12-9-6-5-7-10-16-19(22)25-2/h11,13,15,18,21H,3-10,12,14,16H2,1-2H3/b15-11+,17-13+/t18-/m0/s1. The highest BCUT2D eigenvalue weighted by Crippen LogP contribution is 2.13. The van der Waals surface area contributed by atoms with Gasteiger partial charge in [0.15, 0.2) is 0 Å². The molecule has 0 fully saturated rings. The number of carbonyl (C=O) groups is 1. The number of ether oxygens (including phenoxy) is 1. The summed E-state index contributed by atoms with van der Waals surface area (Å²) >= 11 is 0. The van der Waals surface area contributed by atoms with E-state index >= 15 is 0 Å². The zero-order valence-electron chi connectivity index (χ0n) is 15.6. The maximum Gasteiger partial charge on any atom is 0.305 e. The average molecular weight is 355 g/mol. The molecule has 0 aromatic heterocycles. The molecule has 25 heavy (non-hydrogen) atoms. The van der Waals surface area contributed by atoms with Crippen molar-refractivity contribution in [3.63, 3.8) is 0 Å². The first-order valence-electron chi connectivity index (χ1n) is 9.27. The number of nitrogens with zero attached hydrogens (tertiary/aromatic N) is 1. The predicted molar refractivity (Wildman–Crippen MR) is 98.7 cm³/mol. The number of allylic oxidation sites excluding steroid dienone is 3. The van der Waals surface area contributed by atoms with E-state index in [9.17, 15) is 20.0 Å². The van der Waals surface area contributed by atoms with E-state index in [-0.39, 0.29) is 16.6 Å². The predicted octanol–water partition coefficient (Wildman–Crippen LogP) is 4.55. The zero-order valence-corrected chi connectivity index (χ0v) is 15.6. The van der Waals surface area contributed by atoms with Gasteiger partial charge in [-0.05, 0) is 19.3 Å². The number of methoxy groups -OCH3 is 1. The van der Waals surface area contributed by atoms with E-state index in [4.69, 9.17) is 0 Å². The Morgan fingerprint density at radius 1 is 1.12 bits per heavy atom. The van der Waals surface area contributed by atoms with E-state index in [0.717, 1.165) is 51.4 Å². The molecule has 0 saturated carbocycles. The minimum atomic E-state index is -0.536. The Kier molecular flexibility index (Phi) is 14.7. The Balaban J connectivity index is 4.00. The van der Waals surface area contributed by atoms with Crippen molar-refractivity contribution < 1.29 is 19.6 Å². The van der Waals surface area contributed by atoms with Crippen LogP contribution in [0.25, 0.3) is 0 Å². The summed E-state index contributed by atoms with van der Waals surface area (Å²) in [6.07, 6.45) is 13.2. The molecular formula is C19H33NO5. The lowest BCUT2D eigenvalue weighted by molar-refractivity contribution is -0.428. The summed E-state index contributed by atoms with van der Waals surface area (Å²) in [6, 6.07) is 0. The van der Waals surface area contributed by atoms with Gasteiger partial charge in [-0.3, -0.25) is 14.9 Å². The summed E-state index contributed by atoms with van der Waals surface area (Å²) in [4.78, 5) is 21.7. The third kappa shape index (κ3) is 14.4. The molecule has 0 spiro atoms. The van der Waals surface area contributed by atoms with Gasteiger partial charge in [-0.25, -0.2) is 0 Å². The molecule has 6 heteroatoms. The van der Waals surface area contributed by atoms with Gasteiger partial charge < -0.3 is 9.84 Å². The Morgan fingerprint density at radius 2 is 1.76 bits per heavy atom. The van der Waals surface area contributed by atoms with Crippen molar-refractivity contribution in [1.29, 1.82) is 0 Å². The molecule has 0 aliphatic carbocycles. The number of esters is 1. The highest BCUT2D eigenvalue weighted by molar-refractivity contribution is 5.68. The second-order valence-electron chi connectivity index (χ2n) is 6.21. The third-order valence-corrected chi connectivity index (χ3v) is 4.00. The molecule has 6 nitrogen and oxygen atoms in total. The van der Waals surface area contributed by atoms with Gasteiger partial charge in [-0.1, -0.05) is 57.6 Å². The molecular weight excluding hydrogens is 322 g/mol. The monoisotopic (exact) mass is 355 g/mol. The molecule has 0 radical (unpaired) electrons. The lowest BCUT2D eigenvalue weighted by Gasteiger charge is -2.03. The van der Waals surface area contributed by atoms with Crippen LogP contribution in [0.15, 0.2) is 23.9 Å². The maximum atomic E-state index is 11.0. The van der Waals surface area contributed by atoms with E-state index in [0.29, 0.717) is 19.3 Å². The molecule has 0 aromatic carbocycles. The zero-order chi connectivity index (χ0) is 18.9. The van der Waals surface area contributed by atoms with Crippen molar-refractivity contribution >= 4 is 5.97 Å². The number of unbranched alkanes of at least 4 members (excludes halogenated alkanes) is 6. The fraction of sp³-hybridized carbons (Fsp3) is 0.737. The maximum absolute atomic E-state index is 11.0. The van der Waals surface area contributed by atoms with Gasteiger partial charge in [0.05, 0.1) is 18.1 Å². The van der Waals surface area contributed by atoms with Gasteiger partial charge in [0.2, 0.25) is 5.70 Å². The number of hydrogen-bond acceptors (Lipinski definition) is 5. The van der Waals surface area contributed by atoms with Crippen molar-refractivity contribution in [2.24, 2.45) is 0 Å². The molecule has 0 bridgehead atoms. The molecule has 144 valence electrons. The van der Waals surface area contributed by atoms with Crippen molar-refractivity contribution in [3.05, 3.63) is 34.0 Å².